The van der Waals surface area contributed by atoms with Crippen LogP contribution in [-0.2, 0) is 33.2 Å². The predicted molar refractivity (Wildman–Crippen MR) is 355 cm³/mol. The first-order chi connectivity index (χ1) is 44.3. The van der Waals surface area contributed by atoms with E-state index < -0.39 is 124 Å². The molecule has 1 amide bonds. The lowest BCUT2D eigenvalue weighted by molar-refractivity contribution is -0.379. The van der Waals surface area contributed by atoms with Crippen LogP contribution in [0.15, 0.2) is 85.1 Å². The first-order valence-corrected chi connectivity index (χ1v) is 35.3. The van der Waals surface area contributed by atoms with Crippen LogP contribution in [-0.4, -0.2) is 193 Å². The fourth-order valence-corrected chi connectivity index (χ4v) is 11.5. The Bertz CT molecular complexity index is 1980. The van der Waals surface area contributed by atoms with Crippen molar-refractivity contribution in [3.63, 3.8) is 0 Å². The van der Waals surface area contributed by atoms with Crippen LogP contribution in [0.25, 0.3) is 0 Å². The molecule has 0 bridgehead atoms. The summed E-state index contributed by atoms with van der Waals surface area (Å²) in [6.45, 7) is 1.57. The molecule has 19 nitrogen and oxygen atoms in total. The topological polar surface area (TPSA) is 307 Å². The molecule has 19 heteroatoms. The summed E-state index contributed by atoms with van der Waals surface area (Å²) in [4.78, 5) is 13.3. The molecule has 3 aliphatic rings. The lowest BCUT2D eigenvalue weighted by atomic mass is 9.96. The van der Waals surface area contributed by atoms with E-state index in [0.29, 0.717) is 6.42 Å². The fourth-order valence-electron chi connectivity index (χ4n) is 11.5. The highest BCUT2D eigenvalue weighted by molar-refractivity contribution is 5.76. The largest absolute Gasteiger partial charge is 0.394 e. The molecular weight excluding hydrogens is 1170 g/mol. The zero-order valence-electron chi connectivity index (χ0n) is 55.5. The normalized spacial score (nSPS) is 28.4. The average Bonchev–Trinajstić information content (AvgIpc) is 0.826. The van der Waals surface area contributed by atoms with E-state index >= 15 is 0 Å². The number of carbonyl (C=O) groups excluding carboxylic acids is 1. The molecule has 0 aliphatic carbocycles. The maximum atomic E-state index is 13.3. The van der Waals surface area contributed by atoms with Crippen molar-refractivity contribution in [2.75, 3.05) is 26.4 Å². The number of aliphatic hydroxyl groups excluding tert-OH is 11. The van der Waals surface area contributed by atoms with Gasteiger partial charge in [0.25, 0.3) is 0 Å². The Balaban J connectivity index is 1.29. The van der Waals surface area contributed by atoms with Gasteiger partial charge >= 0.3 is 0 Å². The molecule has 0 aromatic carbocycles. The van der Waals surface area contributed by atoms with E-state index in [9.17, 15) is 61.0 Å². The zero-order chi connectivity index (χ0) is 66.1. The standard InChI is InChI=1S/C72H125NO18/c1-3-5-7-9-11-13-14-15-16-17-18-19-20-21-22-23-24-25-26-27-28-29-30-31-32-33-34-35-36-37-38-39-40-42-44-46-48-50-60(78)73-55(56(77)49-47-45-43-41-12-10-8-6-4-2)54-86-70-66(84)63(81)68(58(52-75)88-70)91-72-67(85)64(82)69(59(53-76)89-72)90-71-65(83)62(80)61(79)57(51-74)87-71/h5,7,11,13,15-16,18-19,21-22,24-25,47,49,55-59,61-72,74-77,79-85H,3-4,6,8-10,12,14,17,20,23,26-46,48,50-54H2,1-2H3,(H,73,78)/b7-5-,13-11-,16-15-,19-18-,22-21-,25-24-,49-47+. The Kier molecular flexibility index (Phi) is 48.0. The van der Waals surface area contributed by atoms with Gasteiger partial charge in [-0.05, 0) is 70.6 Å². The number of unbranched alkanes of at least 4 members (excludes halogenated alkanes) is 25. The maximum absolute atomic E-state index is 13.3. The Morgan fingerprint density at radius 1 is 0.407 bits per heavy atom. The van der Waals surface area contributed by atoms with E-state index in [1.165, 1.54) is 122 Å². The van der Waals surface area contributed by atoms with Crippen molar-refractivity contribution in [2.45, 2.75) is 336 Å². The van der Waals surface area contributed by atoms with Crippen LogP contribution in [0.4, 0.5) is 0 Å². The summed E-state index contributed by atoms with van der Waals surface area (Å²) >= 11 is 0. The van der Waals surface area contributed by atoms with Crippen molar-refractivity contribution < 1.29 is 89.4 Å². The highest BCUT2D eigenvalue weighted by Gasteiger charge is 2.53. The molecule has 91 heavy (non-hydrogen) atoms. The van der Waals surface area contributed by atoms with Gasteiger partial charge in [0, 0.05) is 6.42 Å². The first kappa shape index (κ1) is 82.2. The van der Waals surface area contributed by atoms with Crippen LogP contribution in [0, 0.1) is 0 Å². The van der Waals surface area contributed by atoms with Crippen molar-refractivity contribution in [1.29, 1.82) is 0 Å². The third-order valence-corrected chi connectivity index (χ3v) is 17.2. The molecule has 0 spiro atoms. The van der Waals surface area contributed by atoms with Crippen LogP contribution in [0.5, 0.6) is 0 Å². The lowest BCUT2D eigenvalue weighted by Gasteiger charge is -2.48. The predicted octanol–water partition coefficient (Wildman–Crippen LogP) is 9.49. The monoisotopic (exact) mass is 1290 g/mol. The van der Waals surface area contributed by atoms with Gasteiger partial charge in [-0.3, -0.25) is 4.79 Å². The number of carbonyl (C=O) groups is 1. The number of hydrogen-bond acceptors (Lipinski definition) is 18. The van der Waals surface area contributed by atoms with E-state index in [4.69, 9.17) is 28.4 Å². The molecule has 0 aromatic heterocycles. The van der Waals surface area contributed by atoms with Crippen molar-refractivity contribution in [2.24, 2.45) is 0 Å². The Hall–Kier alpha value is -3.03. The summed E-state index contributed by atoms with van der Waals surface area (Å²) in [5, 5.41) is 120. The van der Waals surface area contributed by atoms with Crippen LogP contribution >= 0.6 is 0 Å². The minimum atomic E-state index is -1.98. The second kappa shape index (κ2) is 53.2. The van der Waals surface area contributed by atoms with Gasteiger partial charge in [0.1, 0.15) is 73.2 Å². The smallest absolute Gasteiger partial charge is 0.220 e. The average molecular weight is 1290 g/mol. The molecule has 3 heterocycles. The number of aliphatic hydroxyl groups is 11. The maximum Gasteiger partial charge on any atom is 0.220 e. The molecule has 17 unspecified atom stereocenters. The van der Waals surface area contributed by atoms with Gasteiger partial charge in [0.2, 0.25) is 5.91 Å². The van der Waals surface area contributed by atoms with Crippen molar-refractivity contribution in [3.8, 4) is 0 Å². The van der Waals surface area contributed by atoms with Gasteiger partial charge < -0.3 is 89.9 Å². The summed E-state index contributed by atoms with van der Waals surface area (Å²) in [5.41, 5.74) is 0. The number of rotatable bonds is 53. The van der Waals surface area contributed by atoms with E-state index in [2.05, 4.69) is 92.1 Å². The lowest BCUT2D eigenvalue weighted by Crippen LogP contribution is -2.66. The Morgan fingerprint density at radius 3 is 1.19 bits per heavy atom. The summed E-state index contributed by atoms with van der Waals surface area (Å²) < 4.78 is 34.2. The highest BCUT2D eigenvalue weighted by atomic mass is 16.8. The van der Waals surface area contributed by atoms with E-state index in [1.54, 1.807) is 6.08 Å². The second-order valence-electron chi connectivity index (χ2n) is 25.0. The minimum absolute atomic E-state index is 0.241. The van der Waals surface area contributed by atoms with Gasteiger partial charge in [0.15, 0.2) is 18.9 Å². The van der Waals surface area contributed by atoms with Crippen LogP contribution in [0.2, 0.25) is 0 Å². The molecule has 3 rings (SSSR count). The first-order valence-electron chi connectivity index (χ1n) is 35.3. The molecular formula is C72H125NO18. The molecule has 526 valence electrons. The Morgan fingerprint density at radius 2 is 0.758 bits per heavy atom. The summed E-state index contributed by atoms with van der Waals surface area (Å²) in [5.74, 6) is -0.279. The van der Waals surface area contributed by atoms with Crippen molar-refractivity contribution in [1.82, 2.24) is 5.32 Å². The van der Waals surface area contributed by atoms with E-state index in [-0.39, 0.29) is 18.9 Å². The molecule has 0 radical (unpaired) electrons. The molecule has 3 aliphatic heterocycles. The van der Waals surface area contributed by atoms with E-state index in [0.717, 1.165) is 83.5 Å². The molecule has 0 saturated carbocycles. The number of allylic oxidation sites excluding steroid dienone is 13. The van der Waals surface area contributed by atoms with Gasteiger partial charge in [-0.15, -0.1) is 0 Å². The van der Waals surface area contributed by atoms with E-state index in [1.807, 2.05) is 6.08 Å². The molecule has 12 N–H and O–H groups in total. The van der Waals surface area contributed by atoms with Gasteiger partial charge in [-0.2, -0.15) is 0 Å². The summed E-state index contributed by atoms with van der Waals surface area (Å²) in [6.07, 6.45) is 41.8. The number of hydrogen-bond donors (Lipinski definition) is 12. The molecule has 3 fully saturated rings. The molecule has 0 aromatic rings. The molecule has 17 atom stereocenters. The minimum Gasteiger partial charge on any atom is -0.394 e. The van der Waals surface area contributed by atoms with Gasteiger partial charge in [-0.25, -0.2) is 0 Å². The third-order valence-electron chi connectivity index (χ3n) is 17.2. The highest BCUT2D eigenvalue weighted by Crippen LogP contribution is 2.33. The summed E-state index contributed by atoms with van der Waals surface area (Å²) in [6, 6.07) is -0.973. The van der Waals surface area contributed by atoms with Crippen LogP contribution in [0.1, 0.15) is 232 Å². The van der Waals surface area contributed by atoms with Crippen molar-refractivity contribution >= 4 is 5.91 Å². The zero-order valence-corrected chi connectivity index (χ0v) is 55.5. The summed E-state index contributed by atoms with van der Waals surface area (Å²) in [7, 11) is 0. The fraction of sp³-hybridized carbons (Fsp3) is 0.792. The quantitative estimate of drug-likeness (QED) is 0.0199. The van der Waals surface area contributed by atoms with Crippen LogP contribution < -0.4 is 5.32 Å². The molecule has 3 saturated heterocycles. The number of ether oxygens (including phenoxy) is 6. The Labute approximate surface area is 546 Å². The number of nitrogens with one attached hydrogen (secondary N) is 1. The van der Waals surface area contributed by atoms with Crippen molar-refractivity contribution in [3.05, 3.63) is 85.1 Å². The second-order valence-corrected chi connectivity index (χ2v) is 25.0. The number of amides is 1. The SMILES string of the molecule is CC/C=C\C/C=C\C/C=C\C/C=C\C/C=C\C/C=C\CCCCCCCCCCCCCCCCCCCCC(=O)NC(COC1OC(CO)C(OC2OC(CO)C(OC3OC(CO)C(O)C(O)C3O)C(O)C2O)C(O)C1O)C(O)/C=C/CCCCCCCCC. The third kappa shape index (κ3) is 35.0. The van der Waals surface area contributed by atoms with Gasteiger partial charge in [-0.1, -0.05) is 240 Å². The van der Waals surface area contributed by atoms with Gasteiger partial charge in [0.05, 0.1) is 38.6 Å². The van der Waals surface area contributed by atoms with Crippen LogP contribution in [0.3, 0.4) is 0 Å².